The summed E-state index contributed by atoms with van der Waals surface area (Å²) in [6.07, 6.45) is 0.710. The van der Waals surface area contributed by atoms with Crippen LogP contribution >= 0.6 is 0 Å². The number of ether oxygens (including phenoxy) is 1. The molecule has 0 saturated heterocycles. The third kappa shape index (κ3) is 5.47. The fourth-order valence-corrected chi connectivity index (χ4v) is 1.65. The van der Waals surface area contributed by atoms with Gasteiger partial charge in [-0.05, 0) is 32.5 Å². The lowest BCUT2D eigenvalue weighted by Crippen LogP contribution is -2.39. The Labute approximate surface area is 108 Å². The molecule has 0 spiro atoms. The SMILES string of the molecule is CC[C@](C)(O)CN(C)CCOc1cccc(F)c1. The number of benzene rings is 1. The molecular weight excluding hydrogens is 233 g/mol. The highest BCUT2D eigenvalue weighted by Crippen LogP contribution is 2.12. The normalized spacial score (nSPS) is 14.6. The number of likely N-dealkylation sites (N-methyl/N-ethyl adjacent to an activating group) is 1. The quantitative estimate of drug-likeness (QED) is 0.811. The monoisotopic (exact) mass is 255 g/mol. The van der Waals surface area contributed by atoms with Gasteiger partial charge in [0.25, 0.3) is 0 Å². The second-order valence-corrected chi connectivity index (χ2v) is 4.89. The van der Waals surface area contributed by atoms with Crippen molar-refractivity contribution in [3.8, 4) is 5.75 Å². The summed E-state index contributed by atoms with van der Waals surface area (Å²) in [7, 11) is 1.93. The Hall–Kier alpha value is -1.13. The number of halogens is 1. The zero-order valence-corrected chi connectivity index (χ0v) is 11.3. The fourth-order valence-electron chi connectivity index (χ4n) is 1.65. The molecule has 1 atom stereocenters. The van der Waals surface area contributed by atoms with Crippen LogP contribution in [0.15, 0.2) is 24.3 Å². The van der Waals surface area contributed by atoms with Gasteiger partial charge in [-0.3, -0.25) is 0 Å². The zero-order chi connectivity index (χ0) is 13.6. The van der Waals surface area contributed by atoms with E-state index in [2.05, 4.69) is 0 Å². The lowest BCUT2D eigenvalue weighted by molar-refractivity contribution is 0.0210. The Kier molecular flexibility index (Phi) is 5.56. The Morgan fingerprint density at radius 2 is 2.17 bits per heavy atom. The van der Waals surface area contributed by atoms with Crippen LogP contribution in [0.5, 0.6) is 5.75 Å². The number of hydrogen-bond donors (Lipinski definition) is 1. The molecule has 0 aromatic heterocycles. The summed E-state index contributed by atoms with van der Waals surface area (Å²) in [5, 5.41) is 9.91. The van der Waals surface area contributed by atoms with E-state index < -0.39 is 5.60 Å². The van der Waals surface area contributed by atoms with E-state index in [1.807, 2.05) is 25.8 Å². The van der Waals surface area contributed by atoms with Gasteiger partial charge in [0.05, 0.1) is 5.60 Å². The Bertz CT molecular complexity index is 369. The summed E-state index contributed by atoms with van der Waals surface area (Å²) in [6.45, 7) is 5.52. The van der Waals surface area contributed by atoms with Crippen LogP contribution in [0.1, 0.15) is 20.3 Å². The molecule has 0 saturated carbocycles. The third-order valence-electron chi connectivity index (χ3n) is 2.91. The molecule has 0 amide bonds. The van der Waals surface area contributed by atoms with Gasteiger partial charge in [0.2, 0.25) is 0 Å². The minimum absolute atomic E-state index is 0.297. The first kappa shape index (κ1) is 14.9. The molecule has 18 heavy (non-hydrogen) atoms. The lowest BCUT2D eigenvalue weighted by atomic mass is 10.0. The summed E-state index contributed by atoms with van der Waals surface area (Å²) in [5.41, 5.74) is -0.673. The largest absolute Gasteiger partial charge is 0.492 e. The number of hydrogen-bond acceptors (Lipinski definition) is 3. The highest BCUT2D eigenvalue weighted by Gasteiger charge is 2.19. The molecular formula is C14H22FNO2. The van der Waals surface area contributed by atoms with Gasteiger partial charge in [0.15, 0.2) is 0 Å². The first-order valence-corrected chi connectivity index (χ1v) is 6.22. The minimum Gasteiger partial charge on any atom is -0.492 e. The van der Waals surface area contributed by atoms with Crippen molar-refractivity contribution in [2.45, 2.75) is 25.9 Å². The Morgan fingerprint density at radius 3 is 2.78 bits per heavy atom. The molecule has 0 aliphatic carbocycles. The molecule has 0 bridgehead atoms. The van der Waals surface area contributed by atoms with Crippen LogP contribution in [-0.2, 0) is 0 Å². The van der Waals surface area contributed by atoms with Crippen molar-refractivity contribution in [1.29, 1.82) is 0 Å². The van der Waals surface area contributed by atoms with E-state index in [9.17, 15) is 9.50 Å². The molecule has 1 N–H and O–H groups in total. The van der Waals surface area contributed by atoms with E-state index in [1.54, 1.807) is 12.1 Å². The molecule has 4 heteroatoms. The molecule has 0 radical (unpaired) electrons. The van der Waals surface area contributed by atoms with E-state index in [1.165, 1.54) is 12.1 Å². The molecule has 0 unspecified atom stereocenters. The Morgan fingerprint density at radius 1 is 1.44 bits per heavy atom. The van der Waals surface area contributed by atoms with E-state index in [0.717, 1.165) is 0 Å². The van der Waals surface area contributed by atoms with Crippen molar-refractivity contribution >= 4 is 0 Å². The molecule has 0 heterocycles. The van der Waals surface area contributed by atoms with Crippen LogP contribution < -0.4 is 4.74 Å². The highest BCUT2D eigenvalue weighted by molar-refractivity contribution is 5.22. The first-order chi connectivity index (χ1) is 8.43. The van der Waals surface area contributed by atoms with Crippen molar-refractivity contribution < 1.29 is 14.2 Å². The predicted molar refractivity (Wildman–Crippen MR) is 70.3 cm³/mol. The van der Waals surface area contributed by atoms with Crippen molar-refractivity contribution in [2.75, 3.05) is 26.7 Å². The van der Waals surface area contributed by atoms with Gasteiger partial charge in [0.1, 0.15) is 18.2 Å². The number of nitrogens with zero attached hydrogens (tertiary/aromatic N) is 1. The van der Waals surface area contributed by atoms with E-state index >= 15 is 0 Å². The number of aliphatic hydroxyl groups is 1. The molecule has 1 aromatic rings. The average Bonchev–Trinajstić information content (AvgIpc) is 2.28. The Balaban J connectivity index is 2.29. The van der Waals surface area contributed by atoms with Gasteiger partial charge < -0.3 is 14.7 Å². The zero-order valence-electron chi connectivity index (χ0n) is 11.3. The van der Waals surface area contributed by atoms with Gasteiger partial charge in [-0.25, -0.2) is 4.39 Å². The topological polar surface area (TPSA) is 32.7 Å². The smallest absolute Gasteiger partial charge is 0.126 e. The van der Waals surface area contributed by atoms with Gasteiger partial charge >= 0.3 is 0 Å². The van der Waals surface area contributed by atoms with Crippen LogP contribution in [0.3, 0.4) is 0 Å². The summed E-state index contributed by atoms with van der Waals surface area (Å²) < 4.78 is 18.3. The van der Waals surface area contributed by atoms with Gasteiger partial charge in [-0.1, -0.05) is 13.0 Å². The van der Waals surface area contributed by atoms with Gasteiger partial charge in [-0.2, -0.15) is 0 Å². The van der Waals surface area contributed by atoms with Gasteiger partial charge in [-0.15, -0.1) is 0 Å². The van der Waals surface area contributed by atoms with Crippen LogP contribution in [0.25, 0.3) is 0 Å². The lowest BCUT2D eigenvalue weighted by Gasteiger charge is -2.27. The maximum absolute atomic E-state index is 12.9. The minimum atomic E-state index is -0.673. The maximum Gasteiger partial charge on any atom is 0.126 e. The van der Waals surface area contributed by atoms with Crippen LogP contribution in [0.2, 0.25) is 0 Å². The van der Waals surface area contributed by atoms with E-state index in [-0.39, 0.29) is 5.82 Å². The molecule has 0 aliphatic heterocycles. The molecule has 0 aliphatic rings. The first-order valence-electron chi connectivity index (χ1n) is 6.22. The summed E-state index contributed by atoms with van der Waals surface area (Å²) in [4.78, 5) is 2.00. The van der Waals surface area contributed by atoms with Crippen molar-refractivity contribution in [2.24, 2.45) is 0 Å². The van der Waals surface area contributed by atoms with Crippen LogP contribution in [-0.4, -0.2) is 42.4 Å². The van der Waals surface area contributed by atoms with Crippen LogP contribution in [0, 0.1) is 5.82 Å². The van der Waals surface area contributed by atoms with E-state index in [0.29, 0.717) is 31.9 Å². The predicted octanol–water partition coefficient (Wildman–Crippen LogP) is 2.30. The van der Waals surface area contributed by atoms with Crippen molar-refractivity contribution in [3.05, 3.63) is 30.1 Å². The average molecular weight is 255 g/mol. The van der Waals surface area contributed by atoms with Crippen LogP contribution in [0.4, 0.5) is 4.39 Å². The second-order valence-electron chi connectivity index (χ2n) is 4.89. The molecule has 3 nitrogen and oxygen atoms in total. The maximum atomic E-state index is 12.9. The standard InChI is InChI=1S/C14H22FNO2/c1-4-14(2,17)11-16(3)8-9-18-13-7-5-6-12(15)10-13/h5-7,10,17H,4,8-9,11H2,1-3H3/t14-/m0/s1. The molecule has 0 fully saturated rings. The molecule has 1 aromatic carbocycles. The molecule has 102 valence electrons. The van der Waals surface area contributed by atoms with Crippen molar-refractivity contribution in [1.82, 2.24) is 4.90 Å². The summed E-state index contributed by atoms with van der Waals surface area (Å²) >= 11 is 0. The van der Waals surface area contributed by atoms with Gasteiger partial charge in [0, 0.05) is 19.2 Å². The number of rotatable bonds is 7. The third-order valence-corrected chi connectivity index (χ3v) is 2.91. The second kappa shape index (κ2) is 6.71. The highest BCUT2D eigenvalue weighted by atomic mass is 19.1. The fraction of sp³-hybridized carbons (Fsp3) is 0.571. The van der Waals surface area contributed by atoms with Crippen molar-refractivity contribution in [3.63, 3.8) is 0 Å². The summed E-state index contributed by atoms with van der Waals surface area (Å²) in [5.74, 6) is 0.237. The summed E-state index contributed by atoms with van der Waals surface area (Å²) in [6, 6.07) is 6.10. The molecule has 1 rings (SSSR count). The van der Waals surface area contributed by atoms with E-state index in [4.69, 9.17) is 4.74 Å².